The SMILES string of the molecule is C=C1c2ccccc2N2OC1CC(C(=O)OC)(C(=O)OC)[C@H]2c1ccccc1. The van der Waals surface area contributed by atoms with E-state index < -0.39 is 29.5 Å². The van der Waals surface area contributed by atoms with Gasteiger partial charge in [-0.15, -0.1) is 0 Å². The van der Waals surface area contributed by atoms with Crippen molar-refractivity contribution >= 4 is 23.2 Å². The number of anilines is 1. The van der Waals surface area contributed by atoms with E-state index in [1.165, 1.54) is 14.2 Å². The Hall–Kier alpha value is -3.12. The normalized spacial score (nSPS) is 22.2. The Morgan fingerprint density at radius 3 is 2.29 bits per heavy atom. The van der Waals surface area contributed by atoms with E-state index >= 15 is 0 Å². The van der Waals surface area contributed by atoms with E-state index in [2.05, 4.69) is 6.58 Å². The monoisotopic (exact) mass is 379 g/mol. The summed E-state index contributed by atoms with van der Waals surface area (Å²) in [5.41, 5.74) is 1.55. The van der Waals surface area contributed by atoms with Gasteiger partial charge in [-0.1, -0.05) is 55.1 Å². The van der Waals surface area contributed by atoms with Crippen LogP contribution in [0.25, 0.3) is 5.57 Å². The lowest BCUT2D eigenvalue weighted by molar-refractivity contribution is -0.183. The zero-order chi connectivity index (χ0) is 19.9. The topological polar surface area (TPSA) is 65.1 Å². The third kappa shape index (κ3) is 2.45. The third-order valence-electron chi connectivity index (χ3n) is 5.54. The fraction of sp³-hybridized carbons (Fsp3) is 0.273. The summed E-state index contributed by atoms with van der Waals surface area (Å²) < 4.78 is 10.2. The summed E-state index contributed by atoms with van der Waals surface area (Å²) in [7, 11) is 2.55. The van der Waals surface area contributed by atoms with E-state index in [0.717, 1.165) is 22.4 Å². The molecule has 0 amide bonds. The molecule has 2 aliphatic rings. The van der Waals surface area contributed by atoms with Crippen molar-refractivity contribution in [1.82, 2.24) is 0 Å². The summed E-state index contributed by atoms with van der Waals surface area (Å²) in [6.45, 7) is 4.15. The van der Waals surface area contributed by atoms with Crippen LogP contribution in [0.1, 0.15) is 23.6 Å². The molecule has 6 nitrogen and oxygen atoms in total. The summed E-state index contributed by atoms with van der Waals surface area (Å²) in [5, 5.41) is 1.64. The summed E-state index contributed by atoms with van der Waals surface area (Å²) >= 11 is 0. The minimum absolute atomic E-state index is 0.0789. The number of carbonyl (C=O) groups excluding carboxylic acids is 2. The molecule has 4 rings (SSSR count). The van der Waals surface area contributed by atoms with Crippen molar-refractivity contribution in [2.45, 2.75) is 18.6 Å². The van der Waals surface area contributed by atoms with Crippen LogP contribution in [-0.4, -0.2) is 32.3 Å². The molecule has 1 fully saturated rings. The van der Waals surface area contributed by atoms with Gasteiger partial charge in [-0.2, -0.15) is 0 Å². The summed E-state index contributed by atoms with van der Waals surface area (Å²) in [4.78, 5) is 32.4. The summed E-state index contributed by atoms with van der Waals surface area (Å²) in [5.74, 6) is -1.31. The summed E-state index contributed by atoms with van der Waals surface area (Å²) in [6.07, 6.45) is -0.469. The van der Waals surface area contributed by atoms with E-state index in [0.29, 0.717) is 0 Å². The molecule has 0 saturated carbocycles. The van der Waals surface area contributed by atoms with Crippen LogP contribution in [0.3, 0.4) is 0 Å². The van der Waals surface area contributed by atoms with Gasteiger partial charge in [-0.05, 0) is 17.2 Å². The molecule has 2 aromatic rings. The first-order valence-corrected chi connectivity index (χ1v) is 9.00. The minimum Gasteiger partial charge on any atom is -0.468 e. The molecule has 2 heterocycles. The van der Waals surface area contributed by atoms with Crippen molar-refractivity contribution in [3.63, 3.8) is 0 Å². The maximum atomic E-state index is 13.1. The second-order valence-electron chi connectivity index (χ2n) is 6.93. The van der Waals surface area contributed by atoms with Crippen molar-refractivity contribution in [1.29, 1.82) is 0 Å². The molecule has 6 heteroatoms. The fourth-order valence-corrected chi connectivity index (χ4v) is 4.23. The van der Waals surface area contributed by atoms with E-state index in [4.69, 9.17) is 14.3 Å². The van der Waals surface area contributed by atoms with E-state index in [-0.39, 0.29) is 6.42 Å². The van der Waals surface area contributed by atoms with Crippen molar-refractivity contribution < 1.29 is 23.9 Å². The highest BCUT2D eigenvalue weighted by Gasteiger charge is 2.63. The molecule has 0 aromatic heterocycles. The highest BCUT2D eigenvalue weighted by Crippen LogP contribution is 2.55. The molecule has 1 unspecified atom stereocenters. The quantitative estimate of drug-likeness (QED) is 0.602. The molecular formula is C22H21NO5. The van der Waals surface area contributed by atoms with Gasteiger partial charge in [-0.3, -0.25) is 14.4 Å². The number of methoxy groups -OCH3 is 2. The van der Waals surface area contributed by atoms with Crippen molar-refractivity contribution in [2.24, 2.45) is 5.41 Å². The van der Waals surface area contributed by atoms with Gasteiger partial charge in [0.05, 0.1) is 19.9 Å². The molecular weight excluding hydrogens is 358 g/mol. The Bertz CT molecular complexity index is 923. The number of fused-ring (bicyclic) bond motifs is 4. The summed E-state index contributed by atoms with van der Waals surface area (Å²) in [6, 6.07) is 16.2. The Balaban J connectivity index is 2.00. The molecule has 0 N–H and O–H groups in total. The van der Waals surface area contributed by atoms with Crippen LogP contribution in [0.2, 0.25) is 0 Å². The number of para-hydroxylation sites is 1. The molecule has 0 aliphatic carbocycles. The van der Waals surface area contributed by atoms with Gasteiger partial charge in [0, 0.05) is 12.0 Å². The predicted molar refractivity (Wildman–Crippen MR) is 103 cm³/mol. The number of esters is 2. The lowest BCUT2D eigenvalue weighted by Crippen LogP contribution is -2.60. The molecule has 2 aliphatic heterocycles. The number of hydroxylamine groups is 1. The zero-order valence-electron chi connectivity index (χ0n) is 15.8. The standard InChI is InChI=1S/C22H21NO5/c1-14-16-11-7-8-12-17(16)23-19(15-9-5-4-6-10-15)22(20(24)26-2,21(25)27-3)13-18(14)28-23/h4-12,18-19H,1,13H2,2-3H3/t18?,19-/m1/s1. The lowest BCUT2D eigenvalue weighted by atomic mass is 9.69. The number of ether oxygens (including phenoxy) is 2. The van der Waals surface area contributed by atoms with Gasteiger partial charge in [0.25, 0.3) is 0 Å². The Kier molecular flexibility index (Phi) is 4.43. The van der Waals surface area contributed by atoms with Crippen LogP contribution in [0.4, 0.5) is 5.69 Å². The van der Waals surface area contributed by atoms with Crippen LogP contribution < -0.4 is 5.06 Å². The average Bonchev–Trinajstić information content (AvgIpc) is 2.76. The highest BCUT2D eigenvalue weighted by atomic mass is 16.7. The van der Waals surface area contributed by atoms with Gasteiger partial charge < -0.3 is 9.47 Å². The van der Waals surface area contributed by atoms with Gasteiger partial charge in [-0.25, -0.2) is 5.06 Å². The van der Waals surface area contributed by atoms with E-state index in [1.54, 1.807) is 5.06 Å². The van der Waals surface area contributed by atoms with Gasteiger partial charge in [0.15, 0.2) is 5.41 Å². The van der Waals surface area contributed by atoms with Gasteiger partial charge in [0.2, 0.25) is 0 Å². The molecule has 1 saturated heterocycles. The van der Waals surface area contributed by atoms with Crippen LogP contribution in [0.5, 0.6) is 0 Å². The highest BCUT2D eigenvalue weighted by molar-refractivity contribution is 6.03. The van der Waals surface area contributed by atoms with Crippen LogP contribution in [-0.2, 0) is 23.9 Å². The Labute approximate surface area is 163 Å². The lowest BCUT2D eigenvalue weighted by Gasteiger charge is -2.52. The first-order valence-electron chi connectivity index (χ1n) is 9.00. The molecule has 28 heavy (non-hydrogen) atoms. The van der Waals surface area contributed by atoms with E-state index in [9.17, 15) is 9.59 Å². The number of nitrogens with zero attached hydrogens (tertiary/aromatic N) is 1. The van der Waals surface area contributed by atoms with Crippen LogP contribution >= 0.6 is 0 Å². The molecule has 0 spiro atoms. The third-order valence-corrected chi connectivity index (χ3v) is 5.54. The fourth-order valence-electron chi connectivity index (χ4n) is 4.23. The second kappa shape index (κ2) is 6.80. The number of carbonyl (C=O) groups is 2. The Morgan fingerprint density at radius 2 is 1.64 bits per heavy atom. The Morgan fingerprint density at radius 1 is 1.04 bits per heavy atom. The van der Waals surface area contributed by atoms with Crippen molar-refractivity contribution in [3.05, 3.63) is 72.3 Å². The average molecular weight is 379 g/mol. The number of rotatable bonds is 3. The number of benzene rings is 2. The maximum absolute atomic E-state index is 13.1. The molecule has 2 aromatic carbocycles. The first-order chi connectivity index (χ1) is 13.5. The smallest absolute Gasteiger partial charge is 0.325 e. The largest absolute Gasteiger partial charge is 0.468 e. The first kappa shape index (κ1) is 18.3. The zero-order valence-corrected chi connectivity index (χ0v) is 15.8. The van der Waals surface area contributed by atoms with Crippen molar-refractivity contribution in [3.8, 4) is 0 Å². The van der Waals surface area contributed by atoms with Gasteiger partial charge >= 0.3 is 11.9 Å². The maximum Gasteiger partial charge on any atom is 0.325 e. The predicted octanol–water partition coefficient (Wildman–Crippen LogP) is 3.30. The van der Waals surface area contributed by atoms with Crippen molar-refractivity contribution in [2.75, 3.05) is 19.3 Å². The number of hydrogen-bond donors (Lipinski definition) is 0. The van der Waals surface area contributed by atoms with Crippen LogP contribution in [0, 0.1) is 5.41 Å². The molecule has 0 radical (unpaired) electrons. The minimum atomic E-state index is -1.59. The molecule has 2 atom stereocenters. The van der Waals surface area contributed by atoms with Crippen LogP contribution in [0.15, 0.2) is 61.2 Å². The number of hydrogen-bond acceptors (Lipinski definition) is 6. The van der Waals surface area contributed by atoms with E-state index in [1.807, 2.05) is 54.6 Å². The second-order valence-corrected chi connectivity index (χ2v) is 6.93. The van der Waals surface area contributed by atoms with Gasteiger partial charge in [0.1, 0.15) is 12.1 Å². The molecule has 144 valence electrons. The molecule has 2 bridgehead atoms.